The fraction of sp³-hybridized carbons (Fsp3) is 0.125. The van der Waals surface area contributed by atoms with E-state index in [0.29, 0.717) is 21.7 Å². The van der Waals surface area contributed by atoms with Crippen molar-refractivity contribution in [1.82, 2.24) is 5.32 Å². The van der Waals surface area contributed by atoms with E-state index in [1.165, 1.54) is 0 Å². The normalized spacial score (nSPS) is 11.7. The van der Waals surface area contributed by atoms with Crippen molar-refractivity contribution in [2.75, 3.05) is 0 Å². The topological polar surface area (TPSA) is 66.4 Å². The maximum atomic E-state index is 12.2. The van der Waals surface area contributed by atoms with Crippen LogP contribution in [0.15, 0.2) is 48.5 Å². The van der Waals surface area contributed by atoms with Gasteiger partial charge in [-0.1, -0.05) is 41.9 Å². The number of aliphatic carboxylic acids is 1. The number of hydrogen-bond acceptors (Lipinski definition) is 2. The van der Waals surface area contributed by atoms with Crippen LogP contribution in [0.25, 0.3) is 0 Å². The van der Waals surface area contributed by atoms with Crippen molar-refractivity contribution in [3.8, 4) is 0 Å². The van der Waals surface area contributed by atoms with E-state index in [4.69, 9.17) is 11.6 Å². The molecule has 0 heterocycles. The first-order valence-corrected chi connectivity index (χ1v) is 6.71. The lowest BCUT2D eigenvalue weighted by Gasteiger charge is -2.15. The van der Waals surface area contributed by atoms with Crippen molar-refractivity contribution < 1.29 is 14.7 Å². The van der Waals surface area contributed by atoms with E-state index in [1.54, 1.807) is 55.5 Å². The molecule has 0 aliphatic carbocycles. The summed E-state index contributed by atoms with van der Waals surface area (Å²) in [4.78, 5) is 23.6. The Balaban J connectivity index is 2.25. The molecule has 0 saturated carbocycles. The molecule has 0 saturated heterocycles. The molecule has 108 valence electrons. The first-order chi connectivity index (χ1) is 9.99. The summed E-state index contributed by atoms with van der Waals surface area (Å²) in [5, 5.41) is 12.4. The fourth-order valence-electron chi connectivity index (χ4n) is 2.02. The average Bonchev–Trinajstić information content (AvgIpc) is 2.45. The number of amides is 1. The Labute approximate surface area is 127 Å². The Morgan fingerprint density at radius 3 is 2.38 bits per heavy atom. The Morgan fingerprint density at radius 2 is 1.81 bits per heavy atom. The van der Waals surface area contributed by atoms with E-state index < -0.39 is 17.9 Å². The highest BCUT2D eigenvalue weighted by Gasteiger charge is 2.23. The molecule has 2 rings (SSSR count). The Bertz CT molecular complexity index is 670. The predicted octanol–water partition coefficient (Wildman–Crippen LogP) is 3.20. The Morgan fingerprint density at radius 1 is 1.14 bits per heavy atom. The SMILES string of the molecule is Cc1cc(Cl)ccc1C(=O)N[C@H](C(=O)O)c1ccccc1. The molecule has 1 atom stereocenters. The molecule has 0 fully saturated rings. The summed E-state index contributed by atoms with van der Waals surface area (Å²) in [6.45, 7) is 1.75. The van der Waals surface area contributed by atoms with Gasteiger partial charge in [-0.15, -0.1) is 0 Å². The van der Waals surface area contributed by atoms with Gasteiger partial charge in [0, 0.05) is 10.6 Å². The second-order valence-electron chi connectivity index (χ2n) is 4.61. The van der Waals surface area contributed by atoms with Gasteiger partial charge in [0.2, 0.25) is 0 Å². The van der Waals surface area contributed by atoms with Gasteiger partial charge in [-0.05, 0) is 36.2 Å². The van der Waals surface area contributed by atoms with Crippen LogP contribution in [-0.4, -0.2) is 17.0 Å². The molecule has 0 aliphatic heterocycles. The predicted molar refractivity (Wildman–Crippen MR) is 80.5 cm³/mol. The van der Waals surface area contributed by atoms with Crippen LogP contribution in [0.2, 0.25) is 5.02 Å². The number of halogens is 1. The van der Waals surface area contributed by atoms with Crippen LogP contribution in [0.3, 0.4) is 0 Å². The van der Waals surface area contributed by atoms with Crippen LogP contribution in [0.1, 0.15) is 27.5 Å². The van der Waals surface area contributed by atoms with Crippen LogP contribution in [-0.2, 0) is 4.79 Å². The largest absolute Gasteiger partial charge is 0.479 e. The van der Waals surface area contributed by atoms with Crippen LogP contribution < -0.4 is 5.32 Å². The molecule has 0 aliphatic rings. The smallest absolute Gasteiger partial charge is 0.330 e. The molecular formula is C16H14ClNO3. The summed E-state index contributed by atoms with van der Waals surface area (Å²) in [5.74, 6) is -1.55. The molecule has 1 amide bonds. The number of carbonyl (C=O) groups is 2. The first-order valence-electron chi connectivity index (χ1n) is 6.34. The minimum Gasteiger partial charge on any atom is -0.479 e. The van der Waals surface area contributed by atoms with Gasteiger partial charge in [-0.2, -0.15) is 0 Å². The number of rotatable bonds is 4. The summed E-state index contributed by atoms with van der Waals surface area (Å²) in [5.41, 5.74) is 1.61. The van der Waals surface area contributed by atoms with Crippen LogP contribution >= 0.6 is 11.6 Å². The number of nitrogens with one attached hydrogen (secondary N) is 1. The zero-order chi connectivity index (χ0) is 15.4. The fourth-order valence-corrected chi connectivity index (χ4v) is 2.25. The lowest BCUT2D eigenvalue weighted by Crippen LogP contribution is -2.34. The van der Waals surface area contributed by atoms with Gasteiger partial charge >= 0.3 is 5.97 Å². The minimum absolute atomic E-state index is 0.404. The molecule has 0 radical (unpaired) electrons. The molecule has 21 heavy (non-hydrogen) atoms. The monoisotopic (exact) mass is 303 g/mol. The van der Waals surface area contributed by atoms with Crippen molar-refractivity contribution in [2.45, 2.75) is 13.0 Å². The highest BCUT2D eigenvalue weighted by atomic mass is 35.5. The highest BCUT2D eigenvalue weighted by molar-refractivity contribution is 6.30. The van der Waals surface area contributed by atoms with Crippen LogP contribution in [0.4, 0.5) is 0 Å². The lowest BCUT2D eigenvalue weighted by molar-refractivity contribution is -0.139. The third-order valence-electron chi connectivity index (χ3n) is 3.09. The maximum absolute atomic E-state index is 12.2. The second-order valence-corrected chi connectivity index (χ2v) is 5.05. The van der Waals surface area contributed by atoms with E-state index in [0.717, 1.165) is 0 Å². The first kappa shape index (κ1) is 15.1. The number of carboxylic acid groups (broad SMARTS) is 1. The summed E-state index contributed by atoms with van der Waals surface area (Å²) in [6.07, 6.45) is 0. The van der Waals surface area contributed by atoms with E-state index in [1.807, 2.05) is 0 Å². The molecular weight excluding hydrogens is 290 g/mol. The van der Waals surface area contributed by atoms with E-state index >= 15 is 0 Å². The average molecular weight is 304 g/mol. The summed E-state index contributed by atoms with van der Waals surface area (Å²) in [7, 11) is 0. The molecule has 5 heteroatoms. The molecule has 0 unspecified atom stereocenters. The highest BCUT2D eigenvalue weighted by Crippen LogP contribution is 2.18. The third-order valence-corrected chi connectivity index (χ3v) is 3.32. The molecule has 2 N–H and O–H groups in total. The third kappa shape index (κ3) is 3.61. The summed E-state index contributed by atoms with van der Waals surface area (Å²) >= 11 is 5.85. The summed E-state index contributed by atoms with van der Waals surface area (Å²) < 4.78 is 0. The van der Waals surface area contributed by atoms with Gasteiger partial charge in [-0.25, -0.2) is 4.79 Å². The van der Waals surface area contributed by atoms with Crippen molar-refractivity contribution in [3.05, 3.63) is 70.2 Å². The zero-order valence-corrected chi connectivity index (χ0v) is 12.1. The van der Waals surface area contributed by atoms with Crippen molar-refractivity contribution in [2.24, 2.45) is 0 Å². The molecule has 2 aromatic carbocycles. The van der Waals surface area contributed by atoms with Gasteiger partial charge in [0.15, 0.2) is 6.04 Å². The van der Waals surface area contributed by atoms with Crippen molar-refractivity contribution in [1.29, 1.82) is 0 Å². The zero-order valence-electron chi connectivity index (χ0n) is 11.3. The number of aryl methyl sites for hydroxylation is 1. The van der Waals surface area contributed by atoms with Gasteiger partial charge in [0.1, 0.15) is 0 Å². The molecule has 0 spiro atoms. The van der Waals surface area contributed by atoms with E-state index in [-0.39, 0.29) is 0 Å². The minimum atomic E-state index is -1.11. The molecule has 4 nitrogen and oxygen atoms in total. The summed E-state index contributed by atoms with van der Waals surface area (Å²) in [6, 6.07) is 12.3. The Kier molecular flexibility index (Phi) is 4.60. The van der Waals surface area contributed by atoms with Crippen molar-refractivity contribution >= 4 is 23.5 Å². The van der Waals surface area contributed by atoms with E-state index in [2.05, 4.69) is 5.32 Å². The number of carboxylic acids is 1. The van der Waals surface area contributed by atoms with Crippen LogP contribution in [0, 0.1) is 6.92 Å². The molecule has 0 bridgehead atoms. The maximum Gasteiger partial charge on any atom is 0.330 e. The van der Waals surface area contributed by atoms with Crippen molar-refractivity contribution in [3.63, 3.8) is 0 Å². The quantitative estimate of drug-likeness (QED) is 0.911. The van der Waals surface area contributed by atoms with Crippen LogP contribution in [0.5, 0.6) is 0 Å². The molecule has 2 aromatic rings. The number of benzene rings is 2. The Hall–Kier alpha value is -2.33. The van der Waals surface area contributed by atoms with E-state index in [9.17, 15) is 14.7 Å². The second kappa shape index (κ2) is 6.41. The van der Waals surface area contributed by atoms with Gasteiger partial charge in [0.05, 0.1) is 0 Å². The van der Waals surface area contributed by atoms with Gasteiger partial charge in [-0.3, -0.25) is 4.79 Å². The molecule has 0 aromatic heterocycles. The standard InChI is InChI=1S/C16H14ClNO3/c1-10-9-12(17)7-8-13(10)15(19)18-14(16(20)21)11-5-3-2-4-6-11/h2-9,14H,1H3,(H,18,19)(H,20,21)/t14-/m0/s1. The van der Waals surface area contributed by atoms with Gasteiger partial charge in [0.25, 0.3) is 5.91 Å². The van der Waals surface area contributed by atoms with Gasteiger partial charge < -0.3 is 10.4 Å². The lowest BCUT2D eigenvalue weighted by atomic mass is 10.0. The number of hydrogen-bond donors (Lipinski definition) is 2. The number of carbonyl (C=O) groups excluding carboxylic acids is 1.